The summed E-state index contributed by atoms with van der Waals surface area (Å²) in [6.07, 6.45) is 0.712. The molecule has 1 aromatic rings. The van der Waals surface area contributed by atoms with Crippen molar-refractivity contribution in [2.75, 3.05) is 6.61 Å². The predicted octanol–water partition coefficient (Wildman–Crippen LogP) is 1.79. The lowest BCUT2D eigenvalue weighted by molar-refractivity contribution is -0.137. The lowest BCUT2D eigenvalue weighted by Gasteiger charge is -2.05. The first kappa shape index (κ1) is 11.0. The molecule has 1 fully saturated rings. The van der Waals surface area contributed by atoms with Crippen molar-refractivity contribution in [2.45, 2.75) is 16.6 Å². The fourth-order valence-corrected chi connectivity index (χ4v) is 2.42. The maximum atomic E-state index is 11.2. The Morgan fingerprint density at radius 1 is 1.38 bits per heavy atom. The lowest BCUT2D eigenvalue weighted by Crippen LogP contribution is -2.09. The number of thioether (sulfide) groups is 1. The van der Waals surface area contributed by atoms with Gasteiger partial charge in [0.1, 0.15) is 5.25 Å². The number of aromatic carboxylic acids is 1. The fraction of sp³-hybridized carbons (Fsp3) is 0.273. The molecule has 0 spiro atoms. The van der Waals surface area contributed by atoms with Crippen LogP contribution in [-0.2, 0) is 9.53 Å². The van der Waals surface area contributed by atoms with E-state index in [9.17, 15) is 9.59 Å². The molecule has 0 aliphatic carbocycles. The van der Waals surface area contributed by atoms with Gasteiger partial charge >= 0.3 is 11.9 Å². The summed E-state index contributed by atoms with van der Waals surface area (Å²) in [6.45, 7) is 0.476. The Morgan fingerprint density at radius 3 is 2.56 bits per heavy atom. The Kier molecular flexibility index (Phi) is 3.14. The van der Waals surface area contributed by atoms with Crippen molar-refractivity contribution in [3.8, 4) is 0 Å². The summed E-state index contributed by atoms with van der Waals surface area (Å²) in [7, 11) is 0. The topological polar surface area (TPSA) is 63.6 Å². The zero-order chi connectivity index (χ0) is 11.5. The molecule has 16 heavy (non-hydrogen) atoms. The molecule has 0 unspecified atom stereocenters. The molecule has 1 aliphatic rings. The highest BCUT2D eigenvalue weighted by Crippen LogP contribution is 2.29. The number of hydrogen-bond donors (Lipinski definition) is 1. The van der Waals surface area contributed by atoms with E-state index >= 15 is 0 Å². The molecular formula is C11H10O4S. The van der Waals surface area contributed by atoms with Gasteiger partial charge in [-0.3, -0.25) is 4.79 Å². The van der Waals surface area contributed by atoms with E-state index in [1.165, 1.54) is 23.9 Å². The van der Waals surface area contributed by atoms with Crippen molar-refractivity contribution >= 4 is 23.7 Å². The van der Waals surface area contributed by atoms with Crippen LogP contribution in [0.15, 0.2) is 29.2 Å². The van der Waals surface area contributed by atoms with Gasteiger partial charge in [-0.2, -0.15) is 0 Å². The molecule has 1 aromatic carbocycles. The van der Waals surface area contributed by atoms with E-state index in [2.05, 4.69) is 0 Å². The Balaban J connectivity index is 2.05. The monoisotopic (exact) mass is 238 g/mol. The minimum Gasteiger partial charge on any atom is -0.478 e. The molecule has 0 bridgehead atoms. The Hall–Kier alpha value is -1.49. The molecule has 1 atom stereocenters. The number of benzene rings is 1. The molecule has 1 N–H and O–H groups in total. The number of carbonyl (C=O) groups is 2. The van der Waals surface area contributed by atoms with E-state index < -0.39 is 5.97 Å². The maximum Gasteiger partial charge on any atom is 0.335 e. The predicted molar refractivity (Wildman–Crippen MR) is 58.6 cm³/mol. The Morgan fingerprint density at radius 2 is 2.06 bits per heavy atom. The third kappa shape index (κ3) is 2.36. The van der Waals surface area contributed by atoms with Gasteiger partial charge in [-0.1, -0.05) is 0 Å². The normalized spacial score (nSPS) is 19.5. The number of cyclic esters (lactones) is 1. The fourth-order valence-electron chi connectivity index (χ4n) is 1.42. The first-order valence-corrected chi connectivity index (χ1v) is 5.71. The smallest absolute Gasteiger partial charge is 0.335 e. The van der Waals surface area contributed by atoms with E-state index in [0.717, 1.165) is 4.90 Å². The van der Waals surface area contributed by atoms with Gasteiger partial charge in [0.15, 0.2) is 0 Å². The number of carboxylic acid groups (broad SMARTS) is 1. The molecule has 5 heteroatoms. The highest BCUT2D eigenvalue weighted by molar-refractivity contribution is 8.00. The van der Waals surface area contributed by atoms with Crippen LogP contribution in [0.4, 0.5) is 0 Å². The van der Waals surface area contributed by atoms with Gasteiger partial charge in [0.2, 0.25) is 0 Å². The van der Waals surface area contributed by atoms with Gasteiger partial charge in [0.25, 0.3) is 0 Å². The molecule has 1 saturated heterocycles. The van der Waals surface area contributed by atoms with E-state index in [-0.39, 0.29) is 16.8 Å². The number of carboxylic acids is 1. The SMILES string of the molecule is O=C(O)c1ccc(S[C@@H]2CCOC2=O)cc1. The highest BCUT2D eigenvalue weighted by Gasteiger charge is 2.27. The number of carbonyl (C=O) groups excluding carboxylic acids is 1. The van der Waals surface area contributed by atoms with Gasteiger partial charge in [-0.05, 0) is 24.3 Å². The van der Waals surface area contributed by atoms with Crippen molar-refractivity contribution in [3.63, 3.8) is 0 Å². The Bertz CT molecular complexity index is 412. The zero-order valence-electron chi connectivity index (χ0n) is 8.38. The summed E-state index contributed by atoms with van der Waals surface area (Å²) in [6, 6.07) is 6.48. The van der Waals surface area contributed by atoms with E-state index in [4.69, 9.17) is 9.84 Å². The minimum atomic E-state index is -0.947. The molecule has 0 radical (unpaired) electrons. The van der Waals surface area contributed by atoms with E-state index in [1.54, 1.807) is 12.1 Å². The summed E-state index contributed by atoms with van der Waals surface area (Å²) < 4.78 is 4.85. The van der Waals surface area contributed by atoms with Crippen LogP contribution in [0.5, 0.6) is 0 Å². The van der Waals surface area contributed by atoms with Gasteiger partial charge in [0, 0.05) is 11.3 Å². The standard InChI is InChI=1S/C11H10O4S/c12-10(13)7-1-3-8(4-2-7)16-9-5-6-15-11(9)14/h1-4,9H,5-6H2,(H,12,13)/t9-/m1/s1. The summed E-state index contributed by atoms with van der Waals surface area (Å²) in [5, 5.41) is 8.56. The average Bonchev–Trinajstić information content (AvgIpc) is 2.65. The average molecular weight is 238 g/mol. The quantitative estimate of drug-likeness (QED) is 0.813. The summed E-state index contributed by atoms with van der Waals surface area (Å²) >= 11 is 1.41. The molecule has 4 nitrogen and oxygen atoms in total. The first-order valence-electron chi connectivity index (χ1n) is 4.83. The van der Waals surface area contributed by atoms with Crippen molar-refractivity contribution < 1.29 is 19.4 Å². The van der Waals surface area contributed by atoms with Crippen LogP contribution < -0.4 is 0 Å². The van der Waals surface area contributed by atoms with Gasteiger partial charge in [-0.25, -0.2) is 4.79 Å². The lowest BCUT2D eigenvalue weighted by atomic mass is 10.2. The molecule has 0 aromatic heterocycles. The minimum absolute atomic E-state index is 0.157. The summed E-state index contributed by atoms with van der Waals surface area (Å²) in [4.78, 5) is 22.7. The largest absolute Gasteiger partial charge is 0.478 e. The number of hydrogen-bond acceptors (Lipinski definition) is 4. The van der Waals surface area contributed by atoms with E-state index in [0.29, 0.717) is 13.0 Å². The van der Waals surface area contributed by atoms with Crippen LogP contribution in [0.25, 0.3) is 0 Å². The highest BCUT2D eigenvalue weighted by atomic mass is 32.2. The van der Waals surface area contributed by atoms with Gasteiger partial charge in [-0.15, -0.1) is 11.8 Å². The number of ether oxygens (including phenoxy) is 1. The van der Waals surface area contributed by atoms with Crippen LogP contribution in [0, 0.1) is 0 Å². The van der Waals surface area contributed by atoms with Crippen LogP contribution in [0.2, 0.25) is 0 Å². The first-order chi connectivity index (χ1) is 7.66. The van der Waals surface area contributed by atoms with Crippen LogP contribution >= 0.6 is 11.8 Å². The Labute approximate surface area is 96.6 Å². The molecular weight excluding hydrogens is 228 g/mol. The molecule has 84 valence electrons. The molecule has 1 aliphatic heterocycles. The van der Waals surface area contributed by atoms with Crippen LogP contribution in [-0.4, -0.2) is 28.9 Å². The second-order valence-corrected chi connectivity index (χ2v) is 4.67. The molecule has 0 amide bonds. The third-order valence-corrected chi connectivity index (χ3v) is 3.52. The second kappa shape index (κ2) is 4.57. The number of rotatable bonds is 3. The summed E-state index contributed by atoms with van der Waals surface area (Å²) in [5.74, 6) is -1.14. The summed E-state index contributed by atoms with van der Waals surface area (Å²) in [5.41, 5.74) is 0.248. The zero-order valence-corrected chi connectivity index (χ0v) is 9.20. The maximum absolute atomic E-state index is 11.2. The van der Waals surface area contributed by atoms with Crippen molar-refractivity contribution in [2.24, 2.45) is 0 Å². The van der Waals surface area contributed by atoms with Crippen molar-refractivity contribution in [1.82, 2.24) is 0 Å². The molecule has 0 saturated carbocycles. The number of esters is 1. The van der Waals surface area contributed by atoms with Crippen LogP contribution in [0.1, 0.15) is 16.8 Å². The van der Waals surface area contributed by atoms with Crippen LogP contribution in [0.3, 0.4) is 0 Å². The van der Waals surface area contributed by atoms with Gasteiger partial charge < -0.3 is 9.84 Å². The molecule has 2 rings (SSSR count). The van der Waals surface area contributed by atoms with E-state index in [1.807, 2.05) is 0 Å². The van der Waals surface area contributed by atoms with Crippen molar-refractivity contribution in [1.29, 1.82) is 0 Å². The van der Waals surface area contributed by atoms with Crippen molar-refractivity contribution in [3.05, 3.63) is 29.8 Å². The third-order valence-electron chi connectivity index (χ3n) is 2.27. The molecule has 1 heterocycles. The van der Waals surface area contributed by atoms with Gasteiger partial charge in [0.05, 0.1) is 12.2 Å². The second-order valence-electron chi connectivity index (χ2n) is 3.39.